The SMILES string of the molecule is CC(NC(=O)CCCC(=O)O)c1ncc[nH]1. The third kappa shape index (κ3) is 4.12. The number of rotatable bonds is 6. The van der Waals surface area contributed by atoms with E-state index >= 15 is 0 Å². The number of amides is 1. The Kier molecular flexibility index (Phi) is 4.50. The van der Waals surface area contributed by atoms with Crippen LogP contribution in [0, 0.1) is 0 Å². The molecule has 0 bridgehead atoms. The second-order valence-corrected chi connectivity index (χ2v) is 3.51. The van der Waals surface area contributed by atoms with Crippen molar-refractivity contribution < 1.29 is 14.7 Å². The highest BCUT2D eigenvalue weighted by molar-refractivity contribution is 5.77. The average molecular weight is 225 g/mol. The van der Waals surface area contributed by atoms with Gasteiger partial charge in [0.1, 0.15) is 5.82 Å². The van der Waals surface area contributed by atoms with Gasteiger partial charge < -0.3 is 15.4 Å². The maximum Gasteiger partial charge on any atom is 0.303 e. The lowest BCUT2D eigenvalue weighted by molar-refractivity contribution is -0.137. The van der Waals surface area contributed by atoms with E-state index in [1.54, 1.807) is 12.4 Å². The van der Waals surface area contributed by atoms with Crippen molar-refractivity contribution >= 4 is 11.9 Å². The lowest BCUT2D eigenvalue weighted by atomic mass is 10.2. The standard InChI is InChI=1S/C10H15N3O3/c1-7(10-11-5-6-12-10)13-8(14)3-2-4-9(15)16/h5-7H,2-4H2,1H3,(H,11,12)(H,13,14)(H,15,16). The predicted octanol–water partition coefficient (Wildman–Crippen LogP) is 0.842. The summed E-state index contributed by atoms with van der Waals surface area (Å²) in [4.78, 5) is 28.5. The molecule has 0 aliphatic heterocycles. The molecule has 1 atom stereocenters. The van der Waals surface area contributed by atoms with Crippen molar-refractivity contribution in [3.63, 3.8) is 0 Å². The highest BCUT2D eigenvalue weighted by atomic mass is 16.4. The number of carboxylic acids is 1. The molecule has 1 aromatic rings. The summed E-state index contributed by atoms with van der Waals surface area (Å²) >= 11 is 0. The number of carbonyl (C=O) groups excluding carboxylic acids is 1. The average Bonchev–Trinajstić information content (AvgIpc) is 2.69. The molecule has 1 amide bonds. The Morgan fingerprint density at radius 2 is 2.31 bits per heavy atom. The number of aromatic nitrogens is 2. The molecule has 6 heteroatoms. The minimum atomic E-state index is -0.883. The fourth-order valence-corrected chi connectivity index (χ4v) is 1.30. The van der Waals surface area contributed by atoms with Crippen molar-refractivity contribution in [2.45, 2.75) is 32.2 Å². The highest BCUT2D eigenvalue weighted by Crippen LogP contribution is 2.06. The van der Waals surface area contributed by atoms with Gasteiger partial charge in [-0.2, -0.15) is 0 Å². The third-order valence-electron chi connectivity index (χ3n) is 2.10. The molecule has 16 heavy (non-hydrogen) atoms. The quantitative estimate of drug-likeness (QED) is 0.668. The molecular formula is C10H15N3O3. The van der Waals surface area contributed by atoms with E-state index in [-0.39, 0.29) is 24.8 Å². The van der Waals surface area contributed by atoms with Gasteiger partial charge in [-0.1, -0.05) is 0 Å². The maximum atomic E-state index is 11.4. The van der Waals surface area contributed by atoms with Gasteiger partial charge in [-0.05, 0) is 13.3 Å². The summed E-state index contributed by atoms with van der Waals surface area (Å²) in [6, 6.07) is -0.188. The molecule has 0 saturated carbocycles. The summed E-state index contributed by atoms with van der Waals surface area (Å²) in [6.07, 6.45) is 3.89. The van der Waals surface area contributed by atoms with Crippen molar-refractivity contribution in [1.82, 2.24) is 15.3 Å². The molecule has 1 unspecified atom stereocenters. The van der Waals surface area contributed by atoms with Gasteiger partial charge in [0.2, 0.25) is 5.91 Å². The van der Waals surface area contributed by atoms with E-state index in [0.717, 1.165) is 0 Å². The Hall–Kier alpha value is -1.85. The first-order chi connectivity index (χ1) is 7.59. The Bertz CT molecular complexity index is 348. The lowest BCUT2D eigenvalue weighted by Gasteiger charge is -2.10. The summed E-state index contributed by atoms with van der Waals surface area (Å²) in [5, 5.41) is 11.1. The number of imidazole rings is 1. The van der Waals surface area contributed by atoms with Crippen molar-refractivity contribution in [3.8, 4) is 0 Å². The van der Waals surface area contributed by atoms with Gasteiger partial charge in [-0.3, -0.25) is 9.59 Å². The summed E-state index contributed by atoms with van der Waals surface area (Å²) in [5.41, 5.74) is 0. The lowest BCUT2D eigenvalue weighted by Crippen LogP contribution is -2.27. The van der Waals surface area contributed by atoms with Crippen LogP contribution in [-0.4, -0.2) is 27.0 Å². The van der Waals surface area contributed by atoms with E-state index in [1.807, 2.05) is 6.92 Å². The molecule has 0 aliphatic rings. The first kappa shape index (κ1) is 12.2. The molecule has 88 valence electrons. The van der Waals surface area contributed by atoms with Gasteiger partial charge in [0.25, 0.3) is 0 Å². The molecule has 0 aliphatic carbocycles. The largest absolute Gasteiger partial charge is 0.481 e. The zero-order valence-corrected chi connectivity index (χ0v) is 9.06. The number of aliphatic carboxylic acids is 1. The van der Waals surface area contributed by atoms with Gasteiger partial charge >= 0.3 is 5.97 Å². The van der Waals surface area contributed by atoms with Crippen LogP contribution in [0.4, 0.5) is 0 Å². The van der Waals surface area contributed by atoms with Gasteiger partial charge in [0.15, 0.2) is 0 Å². The zero-order chi connectivity index (χ0) is 12.0. The molecule has 0 spiro atoms. The number of hydrogen-bond acceptors (Lipinski definition) is 3. The summed E-state index contributed by atoms with van der Waals surface area (Å²) in [7, 11) is 0. The fraction of sp³-hybridized carbons (Fsp3) is 0.500. The normalized spacial score (nSPS) is 12.1. The fourth-order valence-electron chi connectivity index (χ4n) is 1.30. The summed E-state index contributed by atoms with van der Waals surface area (Å²) in [6.45, 7) is 1.81. The van der Waals surface area contributed by atoms with Gasteiger partial charge in [-0.25, -0.2) is 4.98 Å². The van der Waals surface area contributed by atoms with Crippen molar-refractivity contribution in [2.24, 2.45) is 0 Å². The van der Waals surface area contributed by atoms with E-state index in [0.29, 0.717) is 12.2 Å². The van der Waals surface area contributed by atoms with Crippen molar-refractivity contribution in [3.05, 3.63) is 18.2 Å². The molecule has 3 N–H and O–H groups in total. The van der Waals surface area contributed by atoms with Crippen LogP contribution >= 0.6 is 0 Å². The number of carbonyl (C=O) groups is 2. The molecule has 1 aromatic heterocycles. The van der Waals surface area contributed by atoms with E-state index in [4.69, 9.17) is 5.11 Å². The minimum Gasteiger partial charge on any atom is -0.481 e. The topological polar surface area (TPSA) is 95.1 Å². The minimum absolute atomic E-state index is 0.0164. The van der Waals surface area contributed by atoms with E-state index < -0.39 is 5.97 Å². The van der Waals surface area contributed by atoms with Crippen LogP contribution in [0.5, 0.6) is 0 Å². The molecule has 0 radical (unpaired) electrons. The van der Waals surface area contributed by atoms with Crippen molar-refractivity contribution in [2.75, 3.05) is 0 Å². The number of hydrogen-bond donors (Lipinski definition) is 3. The first-order valence-corrected chi connectivity index (χ1v) is 5.10. The van der Waals surface area contributed by atoms with Crippen LogP contribution in [0.25, 0.3) is 0 Å². The number of nitrogens with one attached hydrogen (secondary N) is 2. The zero-order valence-electron chi connectivity index (χ0n) is 9.06. The van der Waals surface area contributed by atoms with Crippen LogP contribution in [0.2, 0.25) is 0 Å². The molecule has 0 saturated heterocycles. The molecule has 6 nitrogen and oxygen atoms in total. The smallest absolute Gasteiger partial charge is 0.303 e. The van der Waals surface area contributed by atoms with E-state index in [1.165, 1.54) is 0 Å². The Labute approximate surface area is 93.1 Å². The van der Waals surface area contributed by atoms with Crippen LogP contribution in [0.1, 0.15) is 38.1 Å². The molecule has 0 aromatic carbocycles. The first-order valence-electron chi connectivity index (χ1n) is 5.10. The number of carboxylic acid groups (broad SMARTS) is 1. The van der Waals surface area contributed by atoms with Gasteiger partial charge in [-0.15, -0.1) is 0 Å². The molecular weight excluding hydrogens is 210 g/mol. The predicted molar refractivity (Wildman–Crippen MR) is 56.6 cm³/mol. The van der Waals surface area contributed by atoms with E-state index in [2.05, 4.69) is 15.3 Å². The Morgan fingerprint density at radius 3 is 2.88 bits per heavy atom. The highest BCUT2D eigenvalue weighted by Gasteiger charge is 2.11. The van der Waals surface area contributed by atoms with Gasteiger partial charge in [0, 0.05) is 25.2 Å². The molecule has 1 rings (SSSR count). The Balaban J connectivity index is 2.26. The second-order valence-electron chi connectivity index (χ2n) is 3.51. The van der Waals surface area contributed by atoms with Crippen molar-refractivity contribution in [1.29, 1.82) is 0 Å². The Morgan fingerprint density at radius 1 is 1.56 bits per heavy atom. The van der Waals surface area contributed by atoms with Crippen LogP contribution < -0.4 is 5.32 Å². The third-order valence-corrected chi connectivity index (χ3v) is 2.10. The number of H-pyrrole nitrogens is 1. The second kappa shape index (κ2) is 5.89. The maximum absolute atomic E-state index is 11.4. The van der Waals surface area contributed by atoms with Gasteiger partial charge in [0.05, 0.1) is 6.04 Å². The molecule has 1 heterocycles. The van der Waals surface area contributed by atoms with Crippen LogP contribution in [-0.2, 0) is 9.59 Å². The summed E-state index contributed by atoms with van der Waals surface area (Å²) < 4.78 is 0. The van der Waals surface area contributed by atoms with E-state index in [9.17, 15) is 9.59 Å². The monoisotopic (exact) mass is 225 g/mol. The van der Waals surface area contributed by atoms with Crippen LogP contribution in [0.15, 0.2) is 12.4 Å². The van der Waals surface area contributed by atoms with Crippen LogP contribution in [0.3, 0.4) is 0 Å². The summed E-state index contributed by atoms with van der Waals surface area (Å²) in [5.74, 6) is -0.358. The number of nitrogens with zero attached hydrogens (tertiary/aromatic N) is 1. The number of aromatic amines is 1. The molecule has 0 fully saturated rings.